The smallest absolute Gasteiger partial charge is 0.335 e. The fourth-order valence-corrected chi connectivity index (χ4v) is 3.13. The monoisotopic (exact) mass is 281 g/mol. The van der Waals surface area contributed by atoms with E-state index >= 15 is 0 Å². The maximum atomic E-state index is 10.7. The van der Waals surface area contributed by atoms with Crippen molar-refractivity contribution in [3.05, 3.63) is 29.8 Å². The fraction of sp³-hybridized carbons (Fsp3) is 0.500. The van der Waals surface area contributed by atoms with Gasteiger partial charge >= 0.3 is 5.97 Å². The van der Waals surface area contributed by atoms with E-state index in [0.29, 0.717) is 18.4 Å². The van der Waals surface area contributed by atoms with Crippen molar-refractivity contribution in [3.8, 4) is 5.75 Å². The van der Waals surface area contributed by atoms with Gasteiger partial charge in [-0.3, -0.25) is 0 Å². The summed E-state index contributed by atoms with van der Waals surface area (Å²) in [5.41, 5.74) is 0.282. The molecule has 19 heavy (non-hydrogen) atoms. The molecule has 1 aliphatic rings. The van der Waals surface area contributed by atoms with E-state index in [0.717, 1.165) is 6.54 Å². The molecular weight excluding hydrogens is 262 g/mol. The molecule has 1 saturated heterocycles. The Kier molecular flexibility index (Phi) is 5.54. The van der Waals surface area contributed by atoms with Gasteiger partial charge in [-0.15, -0.1) is 0 Å². The molecule has 0 bridgehead atoms. The van der Waals surface area contributed by atoms with E-state index in [2.05, 4.69) is 5.32 Å². The van der Waals surface area contributed by atoms with Crippen molar-refractivity contribution < 1.29 is 14.6 Å². The highest BCUT2D eigenvalue weighted by Crippen LogP contribution is 2.16. The minimum Gasteiger partial charge on any atom is -0.492 e. The van der Waals surface area contributed by atoms with Crippen LogP contribution < -0.4 is 10.1 Å². The van der Waals surface area contributed by atoms with Crippen LogP contribution in [0.25, 0.3) is 0 Å². The van der Waals surface area contributed by atoms with Crippen LogP contribution in [0.2, 0.25) is 0 Å². The van der Waals surface area contributed by atoms with Crippen molar-refractivity contribution in [1.29, 1.82) is 0 Å². The van der Waals surface area contributed by atoms with Gasteiger partial charge < -0.3 is 15.2 Å². The second-order valence-corrected chi connectivity index (χ2v) is 5.70. The summed E-state index contributed by atoms with van der Waals surface area (Å²) in [6.07, 6.45) is 2.54. The van der Waals surface area contributed by atoms with Gasteiger partial charge in [-0.1, -0.05) is 0 Å². The third-order valence-electron chi connectivity index (χ3n) is 3.07. The predicted octanol–water partition coefficient (Wildman–Crippen LogP) is 2.25. The Balaban J connectivity index is 1.66. The Morgan fingerprint density at radius 2 is 2.21 bits per heavy atom. The highest BCUT2D eigenvalue weighted by molar-refractivity contribution is 7.99. The minimum atomic E-state index is -0.914. The lowest BCUT2D eigenvalue weighted by Crippen LogP contribution is -2.36. The molecule has 5 heteroatoms. The molecule has 1 aliphatic heterocycles. The molecule has 1 aromatic carbocycles. The average Bonchev–Trinajstić information content (AvgIpc) is 2.45. The van der Waals surface area contributed by atoms with Gasteiger partial charge in [-0.05, 0) is 42.9 Å². The molecule has 0 saturated carbocycles. The summed E-state index contributed by atoms with van der Waals surface area (Å²) >= 11 is 2.00. The molecule has 2 rings (SSSR count). The van der Waals surface area contributed by atoms with Crippen molar-refractivity contribution in [1.82, 2.24) is 5.32 Å². The number of nitrogens with one attached hydrogen (secondary N) is 1. The second-order valence-electron chi connectivity index (χ2n) is 4.55. The lowest BCUT2D eigenvalue weighted by atomic mass is 10.2. The Morgan fingerprint density at radius 1 is 1.42 bits per heavy atom. The second kappa shape index (κ2) is 7.40. The Morgan fingerprint density at radius 3 is 2.84 bits per heavy atom. The Hall–Kier alpha value is -1.20. The van der Waals surface area contributed by atoms with Gasteiger partial charge in [0.05, 0.1) is 5.56 Å². The fourth-order valence-electron chi connectivity index (χ4n) is 2.03. The van der Waals surface area contributed by atoms with Gasteiger partial charge in [0.25, 0.3) is 0 Å². The zero-order valence-electron chi connectivity index (χ0n) is 10.8. The summed E-state index contributed by atoms with van der Waals surface area (Å²) in [6.45, 7) is 1.43. The number of carboxylic acids is 1. The molecule has 0 amide bonds. The molecule has 1 heterocycles. The number of hydrogen-bond acceptors (Lipinski definition) is 4. The highest BCUT2D eigenvalue weighted by Gasteiger charge is 2.12. The van der Waals surface area contributed by atoms with Gasteiger partial charge in [0.2, 0.25) is 0 Å². The highest BCUT2D eigenvalue weighted by atomic mass is 32.2. The largest absolute Gasteiger partial charge is 0.492 e. The van der Waals surface area contributed by atoms with E-state index in [4.69, 9.17) is 9.84 Å². The van der Waals surface area contributed by atoms with Crippen LogP contribution in [0.3, 0.4) is 0 Å². The van der Waals surface area contributed by atoms with Gasteiger partial charge in [0.1, 0.15) is 12.4 Å². The van der Waals surface area contributed by atoms with E-state index in [9.17, 15) is 4.79 Å². The van der Waals surface area contributed by atoms with Crippen LogP contribution in [0.5, 0.6) is 5.75 Å². The van der Waals surface area contributed by atoms with E-state index in [1.54, 1.807) is 24.3 Å². The van der Waals surface area contributed by atoms with Crippen molar-refractivity contribution in [2.75, 3.05) is 24.7 Å². The van der Waals surface area contributed by atoms with E-state index in [1.165, 1.54) is 24.3 Å². The molecule has 4 nitrogen and oxygen atoms in total. The molecule has 0 aromatic heterocycles. The SMILES string of the molecule is O=C(O)c1ccc(OCCNC2CCCSC2)cc1. The van der Waals surface area contributed by atoms with Crippen LogP contribution in [0, 0.1) is 0 Å². The standard InChI is InChI=1S/C14H19NO3S/c16-14(17)11-3-5-13(6-4-11)18-8-7-15-12-2-1-9-19-10-12/h3-6,12,15H,1-2,7-10H2,(H,16,17). The van der Waals surface area contributed by atoms with Gasteiger partial charge in [-0.25, -0.2) is 4.79 Å². The summed E-state index contributed by atoms with van der Waals surface area (Å²) in [5, 5.41) is 12.3. The van der Waals surface area contributed by atoms with Crippen molar-refractivity contribution in [3.63, 3.8) is 0 Å². The number of thioether (sulfide) groups is 1. The number of carbonyl (C=O) groups is 1. The first-order valence-electron chi connectivity index (χ1n) is 6.53. The Labute approximate surface area is 117 Å². The average molecular weight is 281 g/mol. The third-order valence-corrected chi connectivity index (χ3v) is 4.28. The maximum absolute atomic E-state index is 10.7. The molecule has 0 radical (unpaired) electrons. The zero-order chi connectivity index (χ0) is 13.5. The third kappa shape index (κ3) is 4.76. The summed E-state index contributed by atoms with van der Waals surface area (Å²) in [4.78, 5) is 10.7. The number of benzene rings is 1. The number of hydrogen-bond donors (Lipinski definition) is 2. The first-order chi connectivity index (χ1) is 9.25. The molecule has 1 unspecified atom stereocenters. The molecule has 0 spiro atoms. The number of carboxylic acid groups (broad SMARTS) is 1. The van der Waals surface area contributed by atoms with Crippen LogP contribution in [0.1, 0.15) is 23.2 Å². The van der Waals surface area contributed by atoms with Crippen LogP contribution >= 0.6 is 11.8 Å². The van der Waals surface area contributed by atoms with Crippen LogP contribution in [0.4, 0.5) is 0 Å². The van der Waals surface area contributed by atoms with Crippen LogP contribution in [-0.4, -0.2) is 41.8 Å². The summed E-state index contributed by atoms with van der Waals surface area (Å²) in [5.74, 6) is 2.27. The lowest BCUT2D eigenvalue weighted by Gasteiger charge is -2.22. The number of rotatable bonds is 6. The number of aromatic carboxylic acids is 1. The van der Waals surface area contributed by atoms with Crippen molar-refractivity contribution in [2.45, 2.75) is 18.9 Å². The topological polar surface area (TPSA) is 58.6 Å². The molecule has 0 aliphatic carbocycles. The summed E-state index contributed by atoms with van der Waals surface area (Å²) in [6, 6.07) is 7.11. The van der Waals surface area contributed by atoms with E-state index < -0.39 is 5.97 Å². The van der Waals surface area contributed by atoms with Gasteiger partial charge in [-0.2, -0.15) is 11.8 Å². The summed E-state index contributed by atoms with van der Waals surface area (Å²) in [7, 11) is 0. The predicted molar refractivity (Wildman–Crippen MR) is 77.2 cm³/mol. The molecule has 1 atom stereocenters. The first kappa shape index (κ1) is 14.2. The Bertz CT molecular complexity index is 402. The first-order valence-corrected chi connectivity index (χ1v) is 7.68. The van der Waals surface area contributed by atoms with Crippen molar-refractivity contribution >= 4 is 17.7 Å². The minimum absolute atomic E-state index is 0.282. The molecule has 2 N–H and O–H groups in total. The zero-order valence-corrected chi connectivity index (χ0v) is 11.6. The van der Waals surface area contributed by atoms with Gasteiger partial charge in [0.15, 0.2) is 0 Å². The number of ether oxygens (including phenoxy) is 1. The maximum Gasteiger partial charge on any atom is 0.335 e. The summed E-state index contributed by atoms with van der Waals surface area (Å²) < 4.78 is 5.57. The van der Waals surface area contributed by atoms with Crippen LogP contribution in [-0.2, 0) is 0 Å². The molecule has 1 fully saturated rings. The van der Waals surface area contributed by atoms with Crippen molar-refractivity contribution in [2.24, 2.45) is 0 Å². The van der Waals surface area contributed by atoms with Crippen LogP contribution in [0.15, 0.2) is 24.3 Å². The quantitative estimate of drug-likeness (QED) is 0.783. The lowest BCUT2D eigenvalue weighted by molar-refractivity contribution is 0.0697. The van der Waals surface area contributed by atoms with Gasteiger partial charge in [0, 0.05) is 18.3 Å². The molecule has 104 valence electrons. The molecule has 1 aromatic rings. The normalized spacial score (nSPS) is 19.1. The van der Waals surface area contributed by atoms with E-state index in [1.807, 2.05) is 11.8 Å². The molecular formula is C14H19NO3S. The van der Waals surface area contributed by atoms with E-state index in [-0.39, 0.29) is 5.56 Å².